The quantitative estimate of drug-likeness (QED) is 0.539. The highest BCUT2D eigenvalue weighted by molar-refractivity contribution is 5.86. The number of benzene rings is 3. The fraction of sp³-hybridized carbons (Fsp3) is 0.292. The number of carbonyl (C=O) groups excluding carboxylic acids is 1. The van der Waals surface area contributed by atoms with Gasteiger partial charge in [0.15, 0.2) is 0 Å². The first-order valence-corrected chi connectivity index (χ1v) is 9.39. The lowest BCUT2D eigenvalue weighted by Gasteiger charge is -2.24. The van der Waals surface area contributed by atoms with Crippen molar-refractivity contribution in [1.82, 2.24) is 0 Å². The van der Waals surface area contributed by atoms with Crippen LogP contribution in [0.4, 0.5) is 11.4 Å². The van der Waals surface area contributed by atoms with Crippen LogP contribution in [0.25, 0.3) is 10.8 Å². The predicted octanol–water partition coefficient (Wildman–Crippen LogP) is 6.10. The van der Waals surface area contributed by atoms with E-state index in [4.69, 9.17) is 4.74 Å². The topological polar surface area (TPSA) is 38.3 Å². The number of nitrogens with one attached hydrogen (secondary N) is 1. The van der Waals surface area contributed by atoms with Crippen LogP contribution in [-0.2, 0) is 16.0 Å². The summed E-state index contributed by atoms with van der Waals surface area (Å²) in [5.74, 6) is -0.157. The van der Waals surface area contributed by atoms with Crippen LogP contribution in [0.1, 0.15) is 33.3 Å². The summed E-state index contributed by atoms with van der Waals surface area (Å²) < 4.78 is 5.37. The van der Waals surface area contributed by atoms with Crippen LogP contribution < -0.4 is 5.32 Å². The molecule has 3 heteroatoms. The van der Waals surface area contributed by atoms with E-state index in [2.05, 4.69) is 47.8 Å². The Labute approximate surface area is 161 Å². The summed E-state index contributed by atoms with van der Waals surface area (Å²) >= 11 is 0. The zero-order valence-electron chi connectivity index (χ0n) is 16.5. The van der Waals surface area contributed by atoms with Crippen molar-refractivity contribution in [3.63, 3.8) is 0 Å². The van der Waals surface area contributed by atoms with Crippen molar-refractivity contribution in [3.05, 3.63) is 72.3 Å². The Balaban J connectivity index is 1.68. The molecule has 0 bridgehead atoms. The van der Waals surface area contributed by atoms with Gasteiger partial charge in [-0.2, -0.15) is 0 Å². The normalized spacial score (nSPS) is 11.6. The summed E-state index contributed by atoms with van der Waals surface area (Å²) in [4.78, 5) is 12.3. The first-order valence-electron chi connectivity index (χ1n) is 9.39. The van der Waals surface area contributed by atoms with Gasteiger partial charge in [0.1, 0.15) is 0 Å². The Bertz CT molecular complexity index is 927. The van der Waals surface area contributed by atoms with E-state index >= 15 is 0 Å². The van der Waals surface area contributed by atoms with Crippen molar-refractivity contribution in [1.29, 1.82) is 0 Å². The molecule has 0 aliphatic heterocycles. The van der Waals surface area contributed by atoms with E-state index in [1.807, 2.05) is 52.0 Å². The second kappa shape index (κ2) is 7.83. The van der Waals surface area contributed by atoms with Crippen molar-refractivity contribution in [3.8, 4) is 0 Å². The SMILES string of the molecule is CC(C)OC(=O)C(C)(C)Cc1ccc(Nc2ccc3ccccc3c2)cc1. The Morgan fingerprint density at radius 1 is 0.926 bits per heavy atom. The van der Waals surface area contributed by atoms with Gasteiger partial charge in [0.25, 0.3) is 0 Å². The highest BCUT2D eigenvalue weighted by Gasteiger charge is 2.30. The molecule has 0 atom stereocenters. The van der Waals surface area contributed by atoms with Crippen LogP contribution >= 0.6 is 0 Å². The third-order valence-corrected chi connectivity index (χ3v) is 4.53. The zero-order valence-corrected chi connectivity index (χ0v) is 16.5. The number of anilines is 2. The molecule has 0 heterocycles. The van der Waals surface area contributed by atoms with E-state index < -0.39 is 5.41 Å². The third kappa shape index (κ3) is 4.88. The van der Waals surface area contributed by atoms with Crippen LogP contribution in [0.5, 0.6) is 0 Å². The highest BCUT2D eigenvalue weighted by atomic mass is 16.5. The molecule has 3 aromatic carbocycles. The van der Waals surface area contributed by atoms with Crippen LogP contribution in [0.2, 0.25) is 0 Å². The molecule has 27 heavy (non-hydrogen) atoms. The van der Waals surface area contributed by atoms with Gasteiger partial charge < -0.3 is 10.1 Å². The molecule has 0 aliphatic carbocycles. The first-order chi connectivity index (χ1) is 12.8. The summed E-state index contributed by atoms with van der Waals surface area (Å²) in [6.45, 7) is 7.61. The van der Waals surface area contributed by atoms with Crippen molar-refractivity contribution < 1.29 is 9.53 Å². The molecule has 140 valence electrons. The number of esters is 1. The lowest BCUT2D eigenvalue weighted by atomic mass is 9.86. The fourth-order valence-corrected chi connectivity index (χ4v) is 3.10. The van der Waals surface area contributed by atoms with Crippen molar-refractivity contribution >= 4 is 28.1 Å². The maximum absolute atomic E-state index is 12.3. The number of ether oxygens (including phenoxy) is 1. The van der Waals surface area contributed by atoms with Gasteiger partial charge in [-0.1, -0.05) is 42.5 Å². The summed E-state index contributed by atoms with van der Waals surface area (Å²) in [5.41, 5.74) is 2.65. The van der Waals surface area contributed by atoms with Gasteiger partial charge in [-0.25, -0.2) is 0 Å². The molecule has 0 saturated heterocycles. The van der Waals surface area contributed by atoms with Crippen LogP contribution in [0.3, 0.4) is 0 Å². The molecule has 0 fully saturated rings. The number of fused-ring (bicyclic) bond motifs is 1. The number of carbonyl (C=O) groups is 1. The van der Waals surface area contributed by atoms with Gasteiger partial charge in [-0.05, 0) is 74.7 Å². The molecule has 0 aromatic heterocycles. The van der Waals surface area contributed by atoms with Gasteiger partial charge in [-0.15, -0.1) is 0 Å². The average molecular weight is 361 g/mol. The smallest absolute Gasteiger partial charge is 0.312 e. The fourth-order valence-electron chi connectivity index (χ4n) is 3.10. The Hall–Kier alpha value is -2.81. The summed E-state index contributed by atoms with van der Waals surface area (Å²) in [6.07, 6.45) is 0.555. The molecule has 0 unspecified atom stereocenters. The standard InChI is InChI=1S/C24H27NO2/c1-17(2)27-23(26)24(3,4)16-18-9-12-21(13-10-18)25-22-14-11-19-7-5-6-8-20(19)15-22/h5-15,17,25H,16H2,1-4H3. The van der Waals surface area contributed by atoms with Gasteiger partial charge >= 0.3 is 5.97 Å². The minimum atomic E-state index is -0.544. The van der Waals surface area contributed by atoms with Gasteiger partial charge in [-0.3, -0.25) is 4.79 Å². The largest absolute Gasteiger partial charge is 0.463 e. The second-order valence-electron chi connectivity index (χ2n) is 7.90. The molecule has 0 spiro atoms. The van der Waals surface area contributed by atoms with Gasteiger partial charge in [0.2, 0.25) is 0 Å². The highest BCUT2D eigenvalue weighted by Crippen LogP contribution is 2.26. The van der Waals surface area contributed by atoms with Gasteiger partial charge in [0.05, 0.1) is 11.5 Å². The van der Waals surface area contributed by atoms with E-state index in [-0.39, 0.29) is 12.1 Å². The van der Waals surface area contributed by atoms with E-state index in [1.165, 1.54) is 10.8 Å². The van der Waals surface area contributed by atoms with Crippen molar-refractivity contribution in [2.75, 3.05) is 5.32 Å². The van der Waals surface area contributed by atoms with Crippen LogP contribution in [0, 0.1) is 5.41 Å². The molecule has 0 radical (unpaired) electrons. The summed E-state index contributed by atoms with van der Waals surface area (Å²) in [5, 5.41) is 5.89. The molecule has 0 aliphatic rings. The minimum absolute atomic E-state index is 0.0923. The molecule has 3 aromatic rings. The average Bonchev–Trinajstić information content (AvgIpc) is 2.62. The third-order valence-electron chi connectivity index (χ3n) is 4.53. The van der Waals surface area contributed by atoms with Gasteiger partial charge in [0, 0.05) is 11.4 Å². The summed E-state index contributed by atoms with van der Waals surface area (Å²) in [7, 11) is 0. The molecule has 0 amide bonds. The van der Waals surface area contributed by atoms with Crippen molar-refractivity contribution in [2.45, 2.75) is 40.2 Å². The maximum atomic E-state index is 12.3. The Morgan fingerprint density at radius 3 is 2.22 bits per heavy atom. The van der Waals surface area contributed by atoms with E-state index in [0.29, 0.717) is 6.42 Å². The maximum Gasteiger partial charge on any atom is 0.312 e. The molecule has 3 nitrogen and oxygen atoms in total. The van der Waals surface area contributed by atoms with Crippen molar-refractivity contribution in [2.24, 2.45) is 5.41 Å². The summed E-state index contributed by atoms with van der Waals surface area (Å²) in [6, 6.07) is 22.9. The monoisotopic (exact) mass is 361 g/mol. The number of hydrogen-bond donors (Lipinski definition) is 1. The molecular formula is C24H27NO2. The Morgan fingerprint density at radius 2 is 1.56 bits per heavy atom. The molecular weight excluding hydrogens is 334 g/mol. The Kier molecular flexibility index (Phi) is 5.50. The van der Waals surface area contributed by atoms with E-state index in [9.17, 15) is 4.79 Å². The zero-order chi connectivity index (χ0) is 19.4. The molecule has 1 N–H and O–H groups in total. The lowest BCUT2D eigenvalue weighted by Crippen LogP contribution is -2.30. The van der Waals surface area contributed by atoms with E-state index in [0.717, 1.165) is 16.9 Å². The molecule has 3 rings (SSSR count). The predicted molar refractivity (Wildman–Crippen MR) is 112 cm³/mol. The van der Waals surface area contributed by atoms with E-state index in [1.54, 1.807) is 0 Å². The number of rotatable bonds is 6. The minimum Gasteiger partial charge on any atom is -0.463 e. The molecule has 0 saturated carbocycles. The lowest BCUT2D eigenvalue weighted by molar-refractivity contribution is -0.157. The van der Waals surface area contributed by atoms with Crippen LogP contribution in [-0.4, -0.2) is 12.1 Å². The first kappa shape index (κ1) is 19.0. The second-order valence-corrected chi connectivity index (χ2v) is 7.90. The number of hydrogen-bond acceptors (Lipinski definition) is 3. The van der Waals surface area contributed by atoms with Crippen LogP contribution in [0.15, 0.2) is 66.7 Å².